The number of amidine groups is 1. The molecule has 1 aromatic rings. The number of amides is 1. The van der Waals surface area contributed by atoms with Crippen molar-refractivity contribution in [3.8, 4) is 0 Å². The fourth-order valence-electron chi connectivity index (χ4n) is 3.28. The SMILES string of the molecule is COCCNC(=O)[C@H]1C[C@@H](O)[C@H](O)[C@H]2N=C(Nc3ccc(C)cc3)S[C@@H]21. The third-order valence-electron chi connectivity index (χ3n) is 4.73. The lowest BCUT2D eigenvalue weighted by molar-refractivity contribution is -0.129. The Kier molecular flexibility index (Phi) is 6.18. The first-order valence-electron chi connectivity index (χ1n) is 8.70. The molecule has 0 aromatic heterocycles. The van der Waals surface area contributed by atoms with Gasteiger partial charge in [-0.25, -0.2) is 0 Å². The second-order valence-corrected chi connectivity index (χ2v) is 7.85. The highest BCUT2D eigenvalue weighted by Crippen LogP contribution is 2.41. The summed E-state index contributed by atoms with van der Waals surface area (Å²) in [6, 6.07) is 7.41. The normalized spacial score (nSPS) is 30.5. The molecule has 0 saturated heterocycles. The van der Waals surface area contributed by atoms with Gasteiger partial charge >= 0.3 is 0 Å². The number of hydrogen-bond acceptors (Lipinski definition) is 7. The van der Waals surface area contributed by atoms with Crippen LogP contribution in [0.5, 0.6) is 0 Å². The smallest absolute Gasteiger partial charge is 0.224 e. The lowest BCUT2D eigenvalue weighted by Crippen LogP contribution is -2.54. The minimum Gasteiger partial charge on any atom is -0.390 e. The Labute approximate surface area is 157 Å². The highest BCUT2D eigenvalue weighted by molar-refractivity contribution is 8.15. The maximum absolute atomic E-state index is 12.5. The number of methoxy groups -OCH3 is 1. The fourth-order valence-corrected chi connectivity index (χ4v) is 4.65. The van der Waals surface area contributed by atoms with E-state index in [1.54, 1.807) is 7.11 Å². The van der Waals surface area contributed by atoms with Crippen LogP contribution in [0.1, 0.15) is 12.0 Å². The Bertz CT molecular complexity index is 667. The molecule has 1 saturated carbocycles. The third kappa shape index (κ3) is 4.20. The number of aliphatic imine (C=N–C) groups is 1. The number of nitrogens with zero attached hydrogens (tertiary/aromatic N) is 1. The van der Waals surface area contributed by atoms with Gasteiger partial charge in [0.25, 0.3) is 0 Å². The molecule has 0 spiro atoms. The summed E-state index contributed by atoms with van der Waals surface area (Å²) < 4.78 is 4.95. The van der Waals surface area contributed by atoms with E-state index in [1.807, 2.05) is 31.2 Å². The molecule has 8 heteroatoms. The van der Waals surface area contributed by atoms with Gasteiger partial charge in [0.2, 0.25) is 5.91 Å². The highest BCUT2D eigenvalue weighted by atomic mass is 32.2. The molecule has 4 N–H and O–H groups in total. The first-order chi connectivity index (χ1) is 12.5. The summed E-state index contributed by atoms with van der Waals surface area (Å²) in [6.07, 6.45) is -1.70. The zero-order valence-electron chi connectivity index (χ0n) is 14.9. The number of aliphatic hydroxyl groups is 2. The number of carbonyl (C=O) groups excluding carboxylic acids is 1. The van der Waals surface area contributed by atoms with E-state index in [0.29, 0.717) is 18.3 Å². The maximum atomic E-state index is 12.5. The van der Waals surface area contributed by atoms with Crippen LogP contribution in [0.15, 0.2) is 29.3 Å². The van der Waals surface area contributed by atoms with Gasteiger partial charge < -0.3 is 25.6 Å². The monoisotopic (exact) mass is 379 g/mol. The van der Waals surface area contributed by atoms with Gasteiger partial charge in [0.1, 0.15) is 6.10 Å². The number of carbonyl (C=O) groups is 1. The molecule has 26 heavy (non-hydrogen) atoms. The van der Waals surface area contributed by atoms with Crippen molar-refractivity contribution in [3.63, 3.8) is 0 Å². The van der Waals surface area contributed by atoms with Crippen LogP contribution >= 0.6 is 11.8 Å². The first-order valence-corrected chi connectivity index (χ1v) is 9.58. The van der Waals surface area contributed by atoms with Gasteiger partial charge in [0.05, 0.1) is 24.7 Å². The van der Waals surface area contributed by atoms with Crippen molar-refractivity contribution in [2.45, 2.75) is 36.8 Å². The van der Waals surface area contributed by atoms with Crippen molar-refractivity contribution in [1.82, 2.24) is 5.32 Å². The molecule has 0 radical (unpaired) electrons. The molecule has 0 bridgehead atoms. The van der Waals surface area contributed by atoms with Gasteiger partial charge in [0.15, 0.2) is 5.17 Å². The van der Waals surface area contributed by atoms with Crippen molar-refractivity contribution < 1.29 is 19.7 Å². The molecule has 5 atom stereocenters. The fraction of sp³-hybridized carbons (Fsp3) is 0.556. The number of nitrogens with one attached hydrogen (secondary N) is 2. The minimum atomic E-state index is -0.965. The Hall–Kier alpha value is -1.61. The minimum absolute atomic E-state index is 0.137. The van der Waals surface area contributed by atoms with E-state index < -0.39 is 24.2 Å². The second-order valence-electron chi connectivity index (χ2n) is 6.68. The summed E-state index contributed by atoms with van der Waals surface area (Å²) in [4.78, 5) is 17.1. The molecule has 2 aliphatic rings. The van der Waals surface area contributed by atoms with Crippen LogP contribution in [0, 0.1) is 12.8 Å². The number of aliphatic hydroxyl groups excluding tert-OH is 2. The van der Waals surface area contributed by atoms with Crippen LogP contribution in [0.25, 0.3) is 0 Å². The van der Waals surface area contributed by atoms with Crippen molar-refractivity contribution in [1.29, 1.82) is 0 Å². The summed E-state index contributed by atoms with van der Waals surface area (Å²) in [5, 5.41) is 27.0. The molecule has 1 aliphatic carbocycles. The van der Waals surface area contributed by atoms with Crippen LogP contribution in [0.3, 0.4) is 0 Å². The number of ether oxygens (including phenoxy) is 1. The summed E-state index contributed by atoms with van der Waals surface area (Å²) in [6.45, 7) is 2.87. The number of fused-ring (bicyclic) bond motifs is 1. The Morgan fingerprint density at radius 1 is 1.35 bits per heavy atom. The Balaban J connectivity index is 1.70. The molecule has 3 rings (SSSR count). The first kappa shape index (κ1) is 19.2. The van der Waals surface area contributed by atoms with E-state index in [4.69, 9.17) is 4.74 Å². The summed E-state index contributed by atoms with van der Waals surface area (Å²) in [5.74, 6) is -0.552. The molecule has 7 nitrogen and oxygen atoms in total. The Morgan fingerprint density at radius 2 is 2.08 bits per heavy atom. The van der Waals surface area contributed by atoms with Crippen molar-refractivity contribution in [2.24, 2.45) is 10.9 Å². The highest BCUT2D eigenvalue weighted by Gasteiger charge is 2.50. The van der Waals surface area contributed by atoms with Gasteiger partial charge in [-0.3, -0.25) is 9.79 Å². The topological polar surface area (TPSA) is 103 Å². The molecule has 1 aromatic carbocycles. The molecule has 1 fully saturated rings. The molecule has 1 amide bonds. The molecular weight excluding hydrogens is 354 g/mol. The van der Waals surface area contributed by atoms with Crippen LogP contribution in [-0.4, -0.2) is 65.0 Å². The van der Waals surface area contributed by atoms with Gasteiger partial charge in [-0.05, 0) is 25.5 Å². The van der Waals surface area contributed by atoms with E-state index in [2.05, 4.69) is 15.6 Å². The number of hydrogen-bond donors (Lipinski definition) is 4. The predicted molar refractivity (Wildman–Crippen MR) is 102 cm³/mol. The largest absolute Gasteiger partial charge is 0.390 e. The van der Waals surface area contributed by atoms with Crippen molar-refractivity contribution in [2.75, 3.05) is 25.6 Å². The lowest BCUT2D eigenvalue weighted by atomic mass is 9.81. The molecule has 0 unspecified atom stereocenters. The average molecular weight is 379 g/mol. The predicted octanol–water partition coefficient (Wildman–Crippen LogP) is 0.751. The standard InChI is InChI=1S/C18H25N3O4S/c1-10-3-5-11(6-4-10)20-18-21-14-15(23)13(22)9-12(16(14)26-18)17(24)19-7-8-25-2/h3-6,12-16,22-23H,7-9H2,1-2H3,(H,19,24)(H,20,21)/t12-,13+,14+,15-,16+/m0/s1. The zero-order valence-corrected chi connectivity index (χ0v) is 15.7. The quantitative estimate of drug-likeness (QED) is 0.563. The maximum Gasteiger partial charge on any atom is 0.224 e. The van der Waals surface area contributed by atoms with Crippen LogP contribution in [0.4, 0.5) is 5.69 Å². The molecule has 1 aliphatic heterocycles. The third-order valence-corrected chi connectivity index (χ3v) is 6.04. The lowest BCUT2D eigenvalue weighted by Gasteiger charge is -2.37. The summed E-state index contributed by atoms with van der Waals surface area (Å²) >= 11 is 1.45. The molecular formula is C18H25N3O4S. The molecule has 142 valence electrons. The van der Waals surface area contributed by atoms with E-state index in [1.165, 1.54) is 11.8 Å². The van der Waals surface area contributed by atoms with E-state index in [0.717, 1.165) is 11.3 Å². The van der Waals surface area contributed by atoms with E-state index in [-0.39, 0.29) is 17.6 Å². The molecule has 1 heterocycles. The van der Waals surface area contributed by atoms with Gasteiger partial charge in [-0.2, -0.15) is 0 Å². The Morgan fingerprint density at radius 3 is 2.77 bits per heavy atom. The summed E-state index contributed by atoms with van der Waals surface area (Å²) in [5.41, 5.74) is 2.06. The van der Waals surface area contributed by atoms with Gasteiger partial charge in [-0.15, -0.1) is 0 Å². The second kappa shape index (κ2) is 8.39. The number of rotatable bonds is 5. The average Bonchev–Trinajstić information content (AvgIpc) is 3.04. The number of benzene rings is 1. The van der Waals surface area contributed by atoms with Crippen molar-refractivity contribution >= 4 is 28.5 Å². The zero-order chi connectivity index (χ0) is 18.7. The number of thioether (sulfide) groups is 1. The number of anilines is 1. The van der Waals surface area contributed by atoms with Gasteiger partial charge in [-0.1, -0.05) is 29.5 Å². The van der Waals surface area contributed by atoms with E-state index >= 15 is 0 Å². The van der Waals surface area contributed by atoms with Crippen LogP contribution in [-0.2, 0) is 9.53 Å². The van der Waals surface area contributed by atoms with Crippen molar-refractivity contribution in [3.05, 3.63) is 29.8 Å². The van der Waals surface area contributed by atoms with E-state index in [9.17, 15) is 15.0 Å². The van der Waals surface area contributed by atoms with Gasteiger partial charge in [0, 0.05) is 24.6 Å². The number of aryl methyl sites for hydroxylation is 1. The van der Waals surface area contributed by atoms with Crippen LogP contribution < -0.4 is 10.6 Å². The van der Waals surface area contributed by atoms with Crippen LogP contribution in [0.2, 0.25) is 0 Å². The summed E-state index contributed by atoms with van der Waals surface area (Å²) in [7, 11) is 1.58.